The van der Waals surface area contributed by atoms with Gasteiger partial charge in [0.1, 0.15) is 0 Å². The molecule has 1 aliphatic heterocycles. The van der Waals surface area contributed by atoms with E-state index in [0.29, 0.717) is 11.6 Å². The fourth-order valence-electron chi connectivity index (χ4n) is 2.73. The average Bonchev–Trinajstić information content (AvgIpc) is 2.88. The summed E-state index contributed by atoms with van der Waals surface area (Å²) in [4.78, 5) is 0. The number of halogens is 1. The van der Waals surface area contributed by atoms with Gasteiger partial charge in [0.05, 0.1) is 5.31 Å². The Morgan fingerprint density at radius 2 is 1.68 bits per heavy atom. The molecule has 0 saturated carbocycles. The predicted molar refractivity (Wildman–Crippen MR) is 94.5 cm³/mol. The molecule has 1 unspecified atom stereocenters. The van der Waals surface area contributed by atoms with E-state index in [-0.39, 0.29) is 0 Å². The molecule has 0 fully saturated rings. The highest BCUT2D eigenvalue weighted by molar-refractivity contribution is 7.74. The van der Waals surface area contributed by atoms with E-state index in [4.69, 9.17) is 11.6 Å². The summed E-state index contributed by atoms with van der Waals surface area (Å²) in [5, 5.41) is 1.58. The standard InChI is InChI=1S/C17H18ClN2OP/c1-19(2)22(21)17(14-6-4-3-5-7-14)12-13-20(22)16-10-8-15(18)9-11-16/h3-12H,13H2,1-2H3. The predicted octanol–water partition coefficient (Wildman–Crippen LogP) is 4.96. The van der Waals surface area contributed by atoms with Crippen molar-refractivity contribution in [3.05, 3.63) is 71.3 Å². The molecule has 0 spiro atoms. The van der Waals surface area contributed by atoms with Crippen molar-refractivity contribution in [3.63, 3.8) is 0 Å². The van der Waals surface area contributed by atoms with E-state index in [1.54, 1.807) is 0 Å². The molecule has 2 aromatic rings. The molecular formula is C17H18ClN2OP. The molecule has 3 rings (SSSR count). The van der Waals surface area contributed by atoms with Crippen molar-refractivity contribution in [2.24, 2.45) is 0 Å². The summed E-state index contributed by atoms with van der Waals surface area (Å²) in [5.41, 5.74) is 1.93. The molecule has 5 heteroatoms. The lowest BCUT2D eigenvalue weighted by atomic mass is 10.2. The van der Waals surface area contributed by atoms with Gasteiger partial charge in [-0.2, -0.15) is 0 Å². The van der Waals surface area contributed by atoms with Gasteiger partial charge in [-0.25, -0.2) is 4.67 Å². The van der Waals surface area contributed by atoms with E-state index < -0.39 is 7.44 Å². The van der Waals surface area contributed by atoms with Crippen molar-refractivity contribution < 1.29 is 4.57 Å². The SMILES string of the molecule is CN(C)P1(=O)C(c2ccccc2)=CCN1c1ccc(Cl)cc1. The van der Waals surface area contributed by atoms with Gasteiger partial charge in [-0.05, 0) is 43.9 Å². The van der Waals surface area contributed by atoms with Crippen LogP contribution in [-0.4, -0.2) is 25.3 Å². The molecule has 0 aliphatic carbocycles. The van der Waals surface area contributed by atoms with Crippen molar-refractivity contribution in [1.82, 2.24) is 4.67 Å². The number of rotatable bonds is 3. The number of hydrogen-bond donors (Lipinski definition) is 0. The Labute approximate surface area is 136 Å². The molecule has 1 heterocycles. The maximum absolute atomic E-state index is 13.8. The Balaban J connectivity index is 2.05. The maximum Gasteiger partial charge on any atom is 0.269 e. The van der Waals surface area contributed by atoms with E-state index in [9.17, 15) is 4.57 Å². The van der Waals surface area contributed by atoms with Gasteiger partial charge in [0, 0.05) is 17.3 Å². The fourth-order valence-corrected chi connectivity index (χ4v) is 5.54. The molecule has 1 aliphatic rings. The highest BCUT2D eigenvalue weighted by atomic mass is 35.5. The van der Waals surface area contributed by atoms with Gasteiger partial charge in [0.2, 0.25) is 0 Å². The Morgan fingerprint density at radius 1 is 1.05 bits per heavy atom. The monoisotopic (exact) mass is 332 g/mol. The minimum absolute atomic E-state index is 0.626. The molecule has 22 heavy (non-hydrogen) atoms. The Kier molecular flexibility index (Phi) is 4.14. The average molecular weight is 333 g/mol. The van der Waals surface area contributed by atoms with Crippen molar-refractivity contribution in [1.29, 1.82) is 0 Å². The molecule has 1 atom stereocenters. The summed E-state index contributed by atoms with van der Waals surface area (Å²) in [6.07, 6.45) is 2.06. The van der Waals surface area contributed by atoms with Crippen LogP contribution in [0.3, 0.4) is 0 Å². The van der Waals surface area contributed by atoms with Gasteiger partial charge in [0.25, 0.3) is 7.44 Å². The Morgan fingerprint density at radius 3 is 2.27 bits per heavy atom. The van der Waals surface area contributed by atoms with Gasteiger partial charge >= 0.3 is 0 Å². The maximum atomic E-state index is 13.8. The summed E-state index contributed by atoms with van der Waals surface area (Å²) in [6, 6.07) is 17.4. The summed E-state index contributed by atoms with van der Waals surface area (Å²) < 4.78 is 17.6. The fraction of sp³-hybridized carbons (Fsp3) is 0.176. The van der Waals surface area contributed by atoms with Crippen molar-refractivity contribution in [2.75, 3.05) is 25.3 Å². The first kappa shape index (κ1) is 15.4. The van der Waals surface area contributed by atoms with Crippen LogP contribution >= 0.6 is 19.0 Å². The second-order valence-electron chi connectivity index (χ2n) is 5.41. The van der Waals surface area contributed by atoms with Crippen molar-refractivity contribution in [3.8, 4) is 0 Å². The van der Waals surface area contributed by atoms with Crippen LogP contribution in [0.1, 0.15) is 5.56 Å². The lowest BCUT2D eigenvalue weighted by Crippen LogP contribution is -2.24. The molecule has 2 aromatic carbocycles. The van der Waals surface area contributed by atoms with Crippen molar-refractivity contribution in [2.45, 2.75) is 0 Å². The largest absolute Gasteiger partial charge is 0.304 e. The number of anilines is 1. The van der Waals surface area contributed by atoms with Crippen LogP contribution in [0.15, 0.2) is 60.7 Å². The van der Waals surface area contributed by atoms with Crippen LogP contribution in [0.2, 0.25) is 5.02 Å². The third-order valence-electron chi connectivity index (χ3n) is 3.84. The molecular weight excluding hydrogens is 315 g/mol. The number of benzene rings is 2. The lowest BCUT2D eigenvalue weighted by Gasteiger charge is -2.33. The molecule has 0 amide bonds. The van der Waals surface area contributed by atoms with Gasteiger partial charge in [0.15, 0.2) is 0 Å². The van der Waals surface area contributed by atoms with Crippen LogP contribution in [0.5, 0.6) is 0 Å². The third kappa shape index (κ3) is 2.50. The number of nitrogens with zero attached hydrogens (tertiary/aromatic N) is 2. The van der Waals surface area contributed by atoms with Crippen molar-refractivity contribution >= 4 is 30.0 Å². The topological polar surface area (TPSA) is 23.6 Å². The van der Waals surface area contributed by atoms with Crippen LogP contribution in [0, 0.1) is 0 Å². The zero-order valence-electron chi connectivity index (χ0n) is 12.6. The first-order chi connectivity index (χ1) is 10.5. The van der Waals surface area contributed by atoms with E-state index >= 15 is 0 Å². The van der Waals surface area contributed by atoms with Gasteiger partial charge in [-0.1, -0.05) is 48.0 Å². The second-order valence-corrected chi connectivity index (χ2v) is 8.69. The Bertz CT molecular complexity index is 741. The third-order valence-corrected chi connectivity index (χ3v) is 7.29. The summed E-state index contributed by atoms with van der Waals surface area (Å²) in [6.45, 7) is 0.626. The number of hydrogen-bond acceptors (Lipinski definition) is 1. The van der Waals surface area contributed by atoms with Gasteiger partial charge in [-0.15, -0.1) is 0 Å². The van der Waals surface area contributed by atoms with E-state index in [1.807, 2.05) is 78.0 Å². The summed E-state index contributed by atoms with van der Waals surface area (Å²) in [5.74, 6) is 0. The van der Waals surface area contributed by atoms with Gasteiger partial charge in [-0.3, -0.25) is 4.57 Å². The molecule has 0 bridgehead atoms. The van der Waals surface area contributed by atoms with Gasteiger partial charge < -0.3 is 4.67 Å². The minimum atomic E-state index is -2.84. The molecule has 0 aromatic heterocycles. The minimum Gasteiger partial charge on any atom is -0.304 e. The van der Waals surface area contributed by atoms with E-state index in [1.165, 1.54) is 0 Å². The van der Waals surface area contributed by atoms with Crippen LogP contribution in [0.4, 0.5) is 5.69 Å². The zero-order chi connectivity index (χ0) is 15.7. The molecule has 0 radical (unpaired) electrons. The van der Waals surface area contributed by atoms with E-state index in [2.05, 4.69) is 6.08 Å². The summed E-state index contributed by atoms with van der Waals surface area (Å²) in [7, 11) is 0.897. The highest BCUT2D eigenvalue weighted by Gasteiger charge is 2.41. The van der Waals surface area contributed by atoms with Crippen LogP contribution in [-0.2, 0) is 4.57 Å². The molecule has 0 saturated heterocycles. The first-order valence-corrected chi connectivity index (χ1v) is 9.10. The Hall–Kier alpha value is -1.54. The normalized spacial score (nSPS) is 21.3. The lowest BCUT2D eigenvalue weighted by molar-refractivity contribution is 0.523. The smallest absolute Gasteiger partial charge is 0.269 e. The molecule has 0 N–H and O–H groups in total. The van der Waals surface area contributed by atoms with Crippen LogP contribution in [0.25, 0.3) is 5.31 Å². The summed E-state index contributed by atoms with van der Waals surface area (Å²) >= 11 is 5.97. The molecule has 3 nitrogen and oxygen atoms in total. The van der Waals surface area contributed by atoms with E-state index in [0.717, 1.165) is 16.6 Å². The highest BCUT2D eigenvalue weighted by Crippen LogP contribution is 2.66. The zero-order valence-corrected chi connectivity index (χ0v) is 14.3. The second kappa shape index (κ2) is 5.92. The van der Waals surface area contributed by atoms with Crippen LogP contribution < -0.4 is 4.67 Å². The molecule has 114 valence electrons. The quantitative estimate of drug-likeness (QED) is 0.742. The first-order valence-electron chi connectivity index (χ1n) is 7.11.